The molecule has 6 aromatic rings. The van der Waals surface area contributed by atoms with E-state index in [4.69, 9.17) is 15.0 Å². The largest absolute Gasteiger partial charge is 0.208 e. The van der Waals surface area contributed by atoms with Crippen LogP contribution in [0.5, 0.6) is 0 Å². The van der Waals surface area contributed by atoms with Crippen molar-refractivity contribution in [3.05, 3.63) is 161 Å². The highest BCUT2D eigenvalue weighted by Gasteiger charge is 2.38. The van der Waals surface area contributed by atoms with E-state index in [2.05, 4.69) is 118 Å². The zero-order valence-electron chi connectivity index (χ0n) is 26.6. The van der Waals surface area contributed by atoms with Crippen molar-refractivity contribution in [3.8, 4) is 45.0 Å². The van der Waals surface area contributed by atoms with Crippen molar-refractivity contribution in [1.82, 2.24) is 15.0 Å². The zero-order chi connectivity index (χ0) is 31.7. The average molecular weight is 624 g/mol. The fraction of sp³-hybridized carbons (Fsp3) is 0.140. The molecule has 4 heteroatoms. The number of hydrogen-bond acceptors (Lipinski definition) is 4. The summed E-state index contributed by atoms with van der Waals surface area (Å²) in [7, 11) is 0. The van der Waals surface area contributed by atoms with Gasteiger partial charge in [0.15, 0.2) is 17.5 Å². The topological polar surface area (TPSA) is 38.7 Å². The number of aromatic nitrogens is 3. The van der Waals surface area contributed by atoms with Crippen LogP contribution in [0.15, 0.2) is 143 Å². The van der Waals surface area contributed by atoms with E-state index in [1.54, 1.807) is 0 Å². The van der Waals surface area contributed by atoms with E-state index < -0.39 is 0 Å². The van der Waals surface area contributed by atoms with Gasteiger partial charge < -0.3 is 0 Å². The first-order valence-corrected chi connectivity index (χ1v) is 17.1. The third kappa shape index (κ3) is 4.54. The summed E-state index contributed by atoms with van der Waals surface area (Å²) in [5.74, 6) is 2.73. The minimum absolute atomic E-state index is 0.0134. The summed E-state index contributed by atoms with van der Waals surface area (Å²) >= 11 is 1.90. The maximum Gasteiger partial charge on any atom is 0.164 e. The molecule has 0 radical (unpaired) electrons. The lowest BCUT2D eigenvalue weighted by Crippen LogP contribution is -2.14. The second-order valence-electron chi connectivity index (χ2n) is 13.3. The van der Waals surface area contributed by atoms with Gasteiger partial charge in [-0.3, -0.25) is 0 Å². The maximum absolute atomic E-state index is 5.02. The summed E-state index contributed by atoms with van der Waals surface area (Å²) in [4.78, 5) is 17.6. The molecule has 226 valence electrons. The molecule has 2 atom stereocenters. The summed E-state index contributed by atoms with van der Waals surface area (Å²) in [6.45, 7) is 7.02. The molecule has 3 aliphatic rings. The first kappa shape index (κ1) is 28.2. The van der Waals surface area contributed by atoms with Gasteiger partial charge in [-0.1, -0.05) is 154 Å². The SMILES string of the molecule is CC1C=C(c2nc(-c3ccccc3)nc(-c3ccccc3)n2)C=C2Sc3cc(-c4cccc5c4-c4ccccc4C5(C)C)ccc3C21. The van der Waals surface area contributed by atoms with Crippen LogP contribution in [0.4, 0.5) is 0 Å². The van der Waals surface area contributed by atoms with Crippen molar-refractivity contribution in [2.24, 2.45) is 5.92 Å². The van der Waals surface area contributed by atoms with Gasteiger partial charge in [0, 0.05) is 32.9 Å². The molecule has 2 aliphatic carbocycles. The lowest BCUT2D eigenvalue weighted by Gasteiger charge is -2.24. The van der Waals surface area contributed by atoms with Gasteiger partial charge in [-0.05, 0) is 61.9 Å². The van der Waals surface area contributed by atoms with Crippen LogP contribution in [0.3, 0.4) is 0 Å². The molecule has 0 amide bonds. The molecule has 47 heavy (non-hydrogen) atoms. The van der Waals surface area contributed by atoms with E-state index in [0.29, 0.717) is 29.3 Å². The maximum atomic E-state index is 5.02. The highest BCUT2D eigenvalue weighted by atomic mass is 32.2. The molecule has 0 saturated heterocycles. The molecule has 3 nitrogen and oxygen atoms in total. The summed E-state index contributed by atoms with van der Waals surface area (Å²) in [6.07, 6.45) is 4.66. The van der Waals surface area contributed by atoms with Crippen LogP contribution in [0.1, 0.15) is 49.2 Å². The number of hydrogen-bond donors (Lipinski definition) is 0. The normalized spacial score (nSPS) is 18.4. The van der Waals surface area contributed by atoms with Gasteiger partial charge in [0.25, 0.3) is 0 Å². The molecule has 0 fully saturated rings. The minimum atomic E-state index is -0.0134. The second kappa shape index (κ2) is 10.8. The summed E-state index contributed by atoms with van der Waals surface area (Å²) in [5.41, 5.74) is 12.6. The lowest BCUT2D eigenvalue weighted by molar-refractivity contribution is 0.629. The van der Waals surface area contributed by atoms with Crippen molar-refractivity contribution in [3.63, 3.8) is 0 Å². The molecule has 1 aliphatic heterocycles. The van der Waals surface area contributed by atoms with E-state index >= 15 is 0 Å². The van der Waals surface area contributed by atoms with Crippen LogP contribution in [-0.2, 0) is 5.41 Å². The van der Waals surface area contributed by atoms with E-state index in [9.17, 15) is 0 Å². The van der Waals surface area contributed by atoms with E-state index in [-0.39, 0.29) is 5.41 Å². The Kier molecular flexibility index (Phi) is 6.45. The van der Waals surface area contributed by atoms with Gasteiger partial charge in [-0.25, -0.2) is 15.0 Å². The van der Waals surface area contributed by atoms with Crippen LogP contribution in [0.2, 0.25) is 0 Å². The zero-order valence-corrected chi connectivity index (χ0v) is 27.4. The molecule has 0 bridgehead atoms. The highest BCUT2D eigenvalue weighted by molar-refractivity contribution is 8.03. The number of nitrogens with zero attached hydrogens (tertiary/aromatic N) is 3. The Bertz CT molecular complexity index is 2210. The Morgan fingerprint density at radius 3 is 1.94 bits per heavy atom. The molecule has 0 saturated carbocycles. The molecule has 0 N–H and O–H groups in total. The fourth-order valence-corrected chi connectivity index (χ4v) is 9.11. The standard InChI is InChI=1S/C43H33N3S/c1-26-23-30(42-45-40(27-13-6-4-7-14-27)44-41(46-42)28-15-8-5-9-16-28)25-37-38(26)33-22-21-29(24-36(33)47-37)31-18-12-20-35-39(31)32-17-10-11-19-34(32)43(35,2)3/h4-26,38H,1-3H3. The number of rotatable bonds is 4. The average Bonchev–Trinajstić information content (AvgIpc) is 3.61. The van der Waals surface area contributed by atoms with Crippen LogP contribution in [-0.4, -0.2) is 15.0 Å². The quantitative estimate of drug-likeness (QED) is 0.196. The van der Waals surface area contributed by atoms with Gasteiger partial charge in [0.1, 0.15) is 0 Å². The fourth-order valence-electron chi connectivity index (χ4n) is 7.71. The molecule has 9 rings (SSSR count). The van der Waals surface area contributed by atoms with Crippen LogP contribution in [0.25, 0.3) is 50.6 Å². The summed E-state index contributed by atoms with van der Waals surface area (Å²) < 4.78 is 0. The molecular weight excluding hydrogens is 591 g/mol. The minimum Gasteiger partial charge on any atom is -0.208 e. The van der Waals surface area contributed by atoms with Gasteiger partial charge in [-0.15, -0.1) is 0 Å². The van der Waals surface area contributed by atoms with Crippen molar-refractivity contribution < 1.29 is 0 Å². The number of benzene rings is 5. The predicted octanol–water partition coefficient (Wildman–Crippen LogP) is 11.0. The Morgan fingerprint density at radius 1 is 0.596 bits per heavy atom. The Morgan fingerprint density at radius 2 is 1.21 bits per heavy atom. The molecule has 1 aromatic heterocycles. The third-order valence-corrected chi connectivity index (χ3v) is 11.2. The monoisotopic (exact) mass is 623 g/mol. The smallest absolute Gasteiger partial charge is 0.164 e. The van der Waals surface area contributed by atoms with Crippen LogP contribution < -0.4 is 0 Å². The van der Waals surface area contributed by atoms with Crippen molar-refractivity contribution in [2.45, 2.75) is 37.0 Å². The Hall–Kier alpha value is -5.06. The van der Waals surface area contributed by atoms with Crippen molar-refractivity contribution in [1.29, 1.82) is 0 Å². The van der Waals surface area contributed by atoms with E-state index in [0.717, 1.165) is 16.7 Å². The Balaban J connectivity index is 1.10. The molecule has 0 spiro atoms. The van der Waals surface area contributed by atoms with E-state index in [1.165, 1.54) is 48.7 Å². The van der Waals surface area contributed by atoms with E-state index in [1.807, 2.05) is 48.2 Å². The highest BCUT2D eigenvalue weighted by Crippen LogP contribution is 2.57. The molecule has 2 unspecified atom stereocenters. The second-order valence-corrected chi connectivity index (χ2v) is 14.4. The van der Waals surface area contributed by atoms with Crippen LogP contribution in [0, 0.1) is 5.92 Å². The lowest BCUT2D eigenvalue weighted by atomic mass is 9.81. The van der Waals surface area contributed by atoms with Crippen molar-refractivity contribution >= 4 is 17.3 Å². The van der Waals surface area contributed by atoms with Gasteiger partial charge in [-0.2, -0.15) is 0 Å². The van der Waals surface area contributed by atoms with Crippen LogP contribution >= 0.6 is 11.8 Å². The Labute approximate surface area is 280 Å². The first-order valence-electron chi connectivity index (χ1n) is 16.3. The van der Waals surface area contributed by atoms with Crippen molar-refractivity contribution in [2.75, 3.05) is 0 Å². The molecule has 2 heterocycles. The van der Waals surface area contributed by atoms with Gasteiger partial charge in [0.2, 0.25) is 0 Å². The van der Waals surface area contributed by atoms with Gasteiger partial charge in [0.05, 0.1) is 0 Å². The summed E-state index contributed by atoms with van der Waals surface area (Å²) in [6, 6.07) is 43.2. The number of thioether (sulfide) groups is 1. The molecule has 5 aromatic carbocycles. The number of allylic oxidation sites excluding steroid dienone is 4. The summed E-state index contributed by atoms with van der Waals surface area (Å²) in [5, 5.41) is 0. The first-order chi connectivity index (χ1) is 23.0. The number of fused-ring (bicyclic) bond motifs is 6. The third-order valence-electron chi connectivity index (χ3n) is 10.0. The predicted molar refractivity (Wildman–Crippen MR) is 194 cm³/mol. The molecular formula is C43H33N3S. The van der Waals surface area contributed by atoms with Gasteiger partial charge >= 0.3 is 0 Å².